The van der Waals surface area contributed by atoms with Gasteiger partial charge in [-0.2, -0.15) is 0 Å². The summed E-state index contributed by atoms with van der Waals surface area (Å²) in [6.07, 6.45) is 0. The van der Waals surface area contributed by atoms with Crippen molar-refractivity contribution in [3.05, 3.63) is 53.6 Å². The van der Waals surface area contributed by atoms with Crippen LogP contribution in [0.5, 0.6) is 11.5 Å². The Kier molecular flexibility index (Phi) is 5.64. The van der Waals surface area contributed by atoms with Crippen LogP contribution >= 0.6 is 0 Å². The molecule has 1 aliphatic heterocycles. The lowest BCUT2D eigenvalue weighted by atomic mass is 10.2. The molecule has 2 aromatic carbocycles. The summed E-state index contributed by atoms with van der Waals surface area (Å²) < 4.78 is 10.4. The van der Waals surface area contributed by atoms with E-state index < -0.39 is 11.8 Å². The van der Waals surface area contributed by atoms with Crippen molar-refractivity contribution in [2.45, 2.75) is 19.9 Å². The third kappa shape index (κ3) is 4.70. The number of ether oxygens (including phenoxy) is 2. The van der Waals surface area contributed by atoms with Crippen LogP contribution in [0.2, 0.25) is 0 Å². The van der Waals surface area contributed by atoms with E-state index in [1.807, 2.05) is 13.8 Å². The summed E-state index contributed by atoms with van der Waals surface area (Å²) in [4.78, 5) is 36.3. The summed E-state index contributed by atoms with van der Waals surface area (Å²) in [5.41, 5.74) is 5.71. The van der Waals surface area contributed by atoms with Crippen molar-refractivity contribution in [1.29, 1.82) is 0 Å². The molecule has 0 spiro atoms. The number of urea groups is 1. The average Bonchev–Trinajstić information content (AvgIpc) is 3.13. The Morgan fingerprint density at radius 3 is 2.29 bits per heavy atom. The number of nitrogens with one attached hydrogen (secondary N) is 4. The van der Waals surface area contributed by atoms with E-state index in [4.69, 9.17) is 9.47 Å². The maximum absolute atomic E-state index is 12.3. The number of anilines is 1. The second-order valence-electron chi connectivity index (χ2n) is 6.31. The summed E-state index contributed by atoms with van der Waals surface area (Å²) in [5.74, 6) is 0.00285. The third-order valence-corrected chi connectivity index (χ3v) is 3.73. The number of carbonyl (C=O) groups is 3. The van der Waals surface area contributed by atoms with Gasteiger partial charge in [0.15, 0.2) is 11.5 Å². The minimum atomic E-state index is -0.526. The van der Waals surface area contributed by atoms with Crippen molar-refractivity contribution in [3.63, 3.8) is 0 Å². The molecule has 2 aromatic rings. The number of amides is 4. The van der Waals surface area contributed by atoms with Crippen LogP contribution in [-0.4, -0.2) is 30.7 Å². The normalized spacial score (nSPS) is 11.7. The molecule has 0 aromatic heterocycles. The van der Waals surface area contributed by atoms with Gasteiger partial charge in [0.25, 0.3) is 11.8 Å². The van der Waals surface area contributed by atoms with Crippen molar-refractivity contribution in [2.24, 2.45) is 0 Å². The summed E-state index contributed by atoms with van der Waals surface area (Å²) >= 11 is 0. The predicted octanol–water partition coefficient (Wildman–Crippen LogP) is 2.02. The highest BCUT2D eigenvalue weighted by molar-refractivity contribution is 6.00. The number of carbonyl (C=O) groups excluding carboxylic acids is 3. The summed E-state index contributed by atoms with van der Waals surface area (Å²) in [6.45, 7) is 3.79. The van der Waals surface area contributed by atoms with Crippen LogP contribution in [0.25, 0.3) is 0 Å². The zero-order valence-electron chi connectivity index (χ0n) is 15.4. The van der Waals surface area contributed by atoms with Gasteiger partial charge in [0.05, 0.1) is 0 Å². The first kappa shape index (κ1) is 19.0. The lowest BCUT2D eigenvalue weighted by Gasteiger charge is -2.11. The number of benzene rings is 2. The van der Waals surface area contributed by atoms with Gasteiger partial charge in [0, 0.05) is 22.9 Å². The quantitative estimate of drug-likeness (QED) is 0.602. The third-order valence-electron chi connectivity index (χ3n) is 3.73. The van der Waals surface area contributed by atoms with E-state index in [0.29, 0.717) is 22.7 Å². The maximum Gasteiger partial charge on any atom is 0.319 e. The van der Waals surface area contributed by atoms with Crippen molar-refractivity contribution in [1.82, 2.24) is 16.2 Å². The second-order valence-corrected chi connectivity index (χ2v) is 6.31. The molecule has 0 fully saturated rings. The number of hydrogen-bond acceptors (Lipinski definition) is 5. The molecular weight excluding hydrogens is 364 g/mol. The van der Waals surface area contributed by atoms with Crippen LogP contribution in [0, 0.1) is 0 Å². The average molecular weight is 384 g/mol. The van der Waals surface area contributed by atoms with E-state index in [0.717, 1.165) is 0 Å². The SMILES string of the molecule is CC(C)NC(=O)Nc1cccc(C(=O)NNC(=O)c2ccc3c(c2)OCO3)c1. The van der Waals surface area contributed by atoms with Gasteiger partial charge in [-0.15, -0.1) is 0 Å². The summed E-state index contributed by atoms with van der Waals surface area (Å²) in [5, 5.41) is 5.33. The number of hydrogen-bond donors (Lipinski definition) is 4. The first-order valence-corrected chi connectivity index (χ1v) is 8.60. The lowest BCUT2D eigenvalue weighted by molar-refractivity contribution is 0.0846. The fourth-order valence-electron chi connectivity index (χ4n) is 2.46. The molecular formula is C19H20N4O5. The van der Waals surface area contributed by atoms with Gasteiger partial charge in [-0.3, -0.25) is 20.4 Å². The first-order valence-electron chi connectivity index (χ1n) is 8.60. The van der Waals surface area contributed by atoms with Gasteiger partial charge in [-0.1, -0.05) is 6.07 Å². The molecule has 1 heterocycles. The monoisotopic (exact) mass is 384 g/mol. The van der Waals surface area contributed by atoms with Gasteiger partial charge in [-0.05, 0) is 50.2 Å². The standard InChI is InChI=1S/C19H20N4O5/c1-11(2)20-19(26)21-14-5-3-4-12(8-14)17(24)22-23-18(25)13-6-7-15-16(9-13)28-10-27-15/h3-9,11H,10H2,1-2H3,(H,22,24)(H,23,25)(H2,20,21,26). The van der Waals surface area contributed by atoms with E-state index in [1.165, 1.54) is 12.1 Å². The molecule has 9 heteroatoms. The maximum atomic E-state index is 12.3. The Balaban J connectivity index is 1.58. The molecule has 0 saturated carbocycles. The van der Waals surface area contributed by atoms with Gasteiger partial charge in [-0.25, -0.2) is 4.79 Å². The minimum Gasteiger partial charge on any atom is -0.454 e. The smallest absolute Gasteiger partial charge is 0.319 e. The molecule has 0 radical (unpaired) electrons. The first-order chi connectivity index (χ1) is 13.4. The van der Waals surface area contributed by atoms with E-state index in [9.17, 15) is 14.4 Å². The molecule has 3 rings (SSSR count). The molecule has 0 unspecified atom stereocenters. The topological polar surface area (TPSA) is 118 Å². The van der Waals surface area contributed by atoms with Crippen molar-refractivity contribution < 1.29 is 23.9 Å². The Bertz CT molecular complexity index is 913. The van der Waals surface area contributed by atoms with E-state index >= 15 is 0 Å². The predicted molar refractivity (Wildman–Crippen MR) is 101 cm³/mol. The molecule has 146 valence electrons. The van der Waals surface area contributed by atoms with Crippen LogP contribution in [0.1, 0.15) is 34.6 Å². The van der Waals surface area contributed by atoms with Gasteiger partial charge < -0.3 is 20.1 Å². The lowest BCUT2D eigenvalue weighted by Crippen LogP contribution is -2.41. The van der Waals surface area contributed by atoms with Crippen molar-refractivity contribution >= 4 is 23.5 Å². The Morgan fingerprint density at radius 2 is 1.57 bits per heavy atom. The molecule has 1 aliphatic rings. The van der Waals surface area contributed by atoms with Crippen LogP contribution in [0.3, 0.4) is 0 Å². The number of hydrazine groups is 1. The molecule has 4 N–H and O–H groups in total. The Morgan fingerprint density at radius 1 is 0.893 bits per heavy atom. The fourth-order valence-corrected chi connectivity index (χ4v) is 2.46. The zero-order valence-corrected chi connectivity index (χ0v) is 15.4. The molecule has 0 bridgehead atoms. The molecule has 0 aliphatic carbocycles. The molecule has 4 amide bonds. The van der Waals surface area contributed by atoms with E-state index in [1.54, 1.807) is 30.3 Å². The number of rotatable bonds is 4. The van der Waals surface area contributed by atoms with Crippen LogP contribution in [0.4, 0.5) is 10.5 Å². The van der Waals surface area contributed by atoms with Gasteiger partial charge in [0.2, 0.25) is 6.79 Å². The van der Waals surface area contributed by atoms with E-state index in [-0.39, 0.29) is 24.4 Å². The highest BCUT2D eigenvalue weighted by atomic mass is 16.7. The number of fused-ring (bicyclic) bond motifs is 1. The summed E-state index contributed by atoms with van der Waals surface area (Å²) in [7, 11) is 0. The minimum absolute atomic E-state index is 0.0159. The molecule has 9 nitrogen and oxygen atoms in total. The van der Waals surface area contributed by atoms with Crippen LogP contribution < -0.4 is 31.0 Å². The Hall–Kier alpha value is -3.75. The van der Waals surface area contributed by atoms with Crippen LogP contribution in [-0.2, 0) is 0 Å². The van der Waals surface area contributed by atoms with Crippen molar-refractivity contribution in [2.75, 3.05) is 12.1 Å². The fraction of sp³-hybridized carbons (Fsp3) is 0.211. The highest BCUT2D eigenvalue weighted by Gasteiger charge is 2.17. The van der Waals surface area contributed by atoms with Crippen molar-refractivity contribution in [3.8, 4) is 11.5 Å². The Labute approximate surface area is 161 Å². The molecule has 28 heavy (non-hydrogen) atoms. The molecule has 0 saturated heterocycles. The highest BCUT2D eigenvalue weighted by Crippen LogP contribution is 2.32. The largest absolute Gasteiger partial charge is 0.454 e. The summed E-state index contributed by atoms with van der Waals surface area (Å²) in [6, 6.07) is 10.7. The van der Waals surface area contributed by atoms with Gasteiger partial charge >= 0.3 is 6.03 Å². The van der Waals surface area contributed by atoms with Crippen LogP contribution in [0.15, 0.2) is 42.5 Å². The second kappa shape index (κ2) is 8.30. The van der Waals surface area contributed by atoms with E-state index in [2.05, 4.69) is 21.5 Å². The zero-order chi connectivity index (χ0) is 20.1. The molecule has 0 atom stereocenters. The van der Waals surface area contributed by atoms with Gasteiger partial charge in [0.1, 0.15) is 0 Å².